The van der Waals surface area contributed by atoms with Crippen molar-refractivity contribution in [3.8, 4) is 5.75 Å². The van der Waals surface area contributed by atoms with Crippen LogP contribution in [0.5, 0.6) is 5.75 Å². The molecule has 0 aliphatic rings. The Bertz CT molecular complexity index is 1100. The molecule has 0 saturated carbocycles. The maximum atomic E-state index is 11.1. The van der Waals surface area contributed by atoms with Crippen LogP contribution in [0, 0.1) is 0 Å². The van der Waals surface area contributed by atoms with Crippen molar-refractivity contribution in [3.05, 3.63) is 78.4 Å². The van der Waals surface area contributed by atoms with Crippen molar-refractivity contribution in [3.63, 3.8) is 0 Å². The molecule has 1 aromatic heterocycles. The highest BCUT2D eigenvalue weighted by Gasteiger charge is 2.16. The summed E-state index contributed by atoms with van der Waals surface area (Å²) in [5.74, 6) is 0.723. The van der Waals surface area contributed by atoms with E-state index < -0.39 is 6.10 Å². The van der Waals surface area contributed by atoms with E-state index in [2.05, 4.69) is 33.7 Å². The van der Waals surface area contributed by atoms with Crippen LogP contribution in [0.25, 0.3) is 21.8 Å². The van der Waals surface area contributed by atoms with E-state index in [1.807, 2.05) is 48.5 Å². The average Bonchev–Trinajstić information content (AvgIpc) is 3.16. The van der Waals surface area contributed by atoms with E-state index in [0.717, 1.165) is 22.3 Å². The molecule has 3 aromatic carbocycles. The lowest BCUT2D eigenvalue weighted by atomic mass is 10.2. The Balaban J connectivity index is 1.48. The van der Waals surface area contributed by atoms with Crippen LogP contribution < -0.4 is 4.74 Å². The Kier molecular flexibility index (Phi) is 7.96. The first-order valence-corrected chi connectivity index (χ1v) is 11.5. The van der Waals surface area contributed by atoms with Gasteiger partial charge in [-0.3, -0.25) is 4.90 Å². The normalized spacial score (nSPS) is 12.6. The largest absolute Gasteiger partial charge is 0.491 e. The molecule has 0 saturated heterocycles. The van der Waals surface area contributed by atoms with E-state index in [9.17, 15) is 10.2 Å². The van der Waals surface area contributed by atoms with Gasteiger partial charge in [-0.2, -0.15) is 0 Å². The molecule has 0 radical (unpaired) electrons. The summed E-state index contributed by atoms with van der Waals surface area (Å²) in [4.78, 5) is 2.18. The minimum Gasteiger partial charge on any atom is -0.491 e. The van der Waals surface area contributed by atoms with Crippen LogP contribution in [0.4, 0.5) is 0 Å². The highest BCUT2D eigenvalue weighted by molar-refractivity contribution is 6.07. The summed E-state index contributed by atoms with van der Waals surface area (Å²) in [6.45, 7) is 2.75. The molecule has 0 spiro atoms. The first-order chi connectivity index (χ1) is 16.2. The third kappa shape index (κ3) is 5.72. The van der Waals surface area contributed by atoms with Gasteiger partial charge >= 0.3 is 0 Å². The maximum absolute atomic E-state index is 11.1. The zero-order valence-corrected chi connectivity index (χ0v) is 18.8. The van der Waals surface area contributed by atoms with Crippen LogP contribution in [0.1, 0.15) is 12.0 Å². The highest BCUT2D eigenvalue weighted by Crippen LogP contribution is 2.29. The summed E-state index contributed by atoms with van der Waals surface area (Å²) in [7, 11) is 0. The van der Waals surface area contributed by atoms with E-state index in [-0.39, 0.29) is 19.8 Å². The summed E-state index contributed by atoms with van der Waals surface area (Å²) < 4.78 is 7.64. The predicted molar refractivity (Wildman–Crippen MR) is 131 cm³/mol. The highest BCUT2D eigenvalue weighted by atomic mass is 16.5. The predicted octanol–water partition coefficient (Wildman–Crippen LogP) is 3.41. The molecule has 1 heterocycles. The van der Waals surface area contributed by atoms with Gasteiger partial charge < -0.3 is 24.6 Å². The van der Waals surface area contributed by atoms with Crippen molar-refractivity contribution in [1.29, 1.82) is 0 Å². The minimum atomic E-state index is -0.560. The van der Waals surface area contributed by atoms with Crippen molar-refractivity contribution in [2.75, 3.05) is 32.9 Å². The number of rotatable bonds is 12. The fourth-order valence-electron chi connectivity index (χ4n) is 4.41. The summed E-state index contributed by atoms with van der Waals surface area (Å²) in [6.07, 6.45) is 0.0925. The number of aromatic nitrogens is 1. The molecule has 4 rings (SSSR count). The number of ether oxygens (including phenoxy) is 1. The Hall–Kier alpha value is -2.90. The molecule has 6 nitrogen and oxygen atoms in total. The molecule has 0 unspecified atom stereocenters. The number of para-hydroxylation sites is 2. The number of nitrogens with zero attached hydrogens (tertiary/aromatic N) is 2. The number of fused-ring (bicyclic) bond motifs is 3. The first-order valence-electron chi connectivity index (χ1n) is 11.5. The summed E-state index contributed by atoms with van der Waals surface area (Å²) in [5, 5.41) is 31.7. The van der Waals surface area contributed by atoms with Gasteiger partial charge in [-0.25, -0.2) is 0 Å². The third-order valence-corrected chi connectivity index (χ3v) is 5.86. The molecular formula is C27H32N2O4. The van der Waals surface area contributed by atoms with E-state index in [0.29, 0.717) is 32.6 Å². The summed E-state index contributed by atoms with van der Waals surface area (Å²) >= 11 is 0. The number of aliphatic hydroxyl groups is 3. The lowest BCUT2D eigenvalue weighted by Crippen LogP contribution is -2.35. The van der Waals surface area contributed by atoms with Crippen LogP contribution in [0.2, 0.25) is 0 Å². The van der Waals surface area contributed by atoms with Crippen LogP contribution in [0.3, 0.4) is 0 Å². The van der Waals surface area contributed by atoms with Gasteiger partial charge in [-0.15, -0.1) is 0 Å². The zero-order valence-electron chi connectivity index (χ0n) is 18.8. The quantitative estimate of drug-likeness (QED) is 0.310. The maximum Gasteiger partial charge on any atom is 0.119 e. The van der Waals surface area contributed by atoms with Gasteiger partial charge in [0.25, 0.3) is 0 Å². The van der Waals surface area contributed by atoms with Crippen LogP contribution >= 0.6 is 0 Å². The average molecular weight is 449 g/mol. The topological polar surface area (TPSA) is 78.1 Å². The summed E-state index contributed by atoms with van der Waals surface area (Å²) in [6, 6.07) is 24.4. The molecule has 0 bridgehead atoms. The van der Waals surface area contributed by atoms with Gasteiger partial charge in [0.15, 0.2) is 0 Å². The lowest BCUT2D eigenvalue weighted by Gasteiger charge is -2.26. The number of hydrogen-bond acceptors (Lipinski definition) is 5. The monoisotopic (exact) mass is 448 g/mol. The van der Waals surface area contributed by atoms with Crippen LogP contribution in [-0.4, -0.2) is 63.8 Å². The third-order valence-electron chi connectivity index (χ3n) is 5.86. The fourth-order valence-corrected chi connectivity index (χ4v) is 4.41. The van der Waals surface area contributed by atoms with E-state index >= 15 is 0 Å². The van der Waals surface area contributed by atoms with E-state index in [1.54, 1.807) is 0 Å². The second kappa shape index (κ2) is 11.3. The molecule has 4 aromatic rings. The van der Waals surface area contributed by atoms with Crippen molar-refractivity contribution in [2.45, 2.75) is 25.6 Å². The molecule has 33 heavy (non-hydrogen) atoms. The van der Waals surface area contributed by atoms with Crippen molar-refractivity contribution in [2.24, 2.45) is 0 Å². The second-order valence-corrected chi connectivity index (χ2v) is 8.33. The molecule has 0 aliphatic heterocycles. The Morgan fingerprint density at radius 3 is 2.06 bits per heavy atom. The van der Waals surface area contributed by atoms with Gasteiger partial charge in [0, 0.05) is 48.0 Å². The van der Waals surface area contributed by atoms with Gasteiger partial charge in [0.05, 0.1) is 19.3 Å². The number of benzene rings is 3. The Morgan fingerprint density at radius 2 is 1.45 bits per heavy atom. The number of hydrogen-bond donors (Lipinski definition) is 3. The van der Waals surface area contributed by atoms with Crippen molar-refractivity contribution >= 4 is 21.8 Å². The molecule has 1 atom stereocenters. The van der Waals surface area contributed by atoms with Gasteiger partial charge in [0.2, 0.25) is 0 Å². The van der Waals surface area contributed by atoms with Crippen molar-refractivity contribution in [1.82, 2.24) is 9.47 Å². The SMILES string of the molecule is OCCCN(Cc1ccc(OCCO)cc1)C[C@@H](O)Cn1c2ccccc2c2ccccc21. The molecule has 174 valence electrons. The lowest BCUT2D eigenvalue weighted by molar-refractivity contribution is 0.0921. The smallest absolute Gasteiger partial charge is 0.119 e. The first kappa shape index (κ1) is 23.3. The van der Waals surface area contributed by atoms with Gasteiger partial charge in [0.1, 0.15) is 12.4 Å². The number of aliphatic hydroxyl groups excluding tert-OH is 3. The Morgan fingerprint density at radius 1 is 0.818 bits per heavy atom. The van der Waals surface area contributed by atoms with Crippen LogP contribution in [0.15, 0.2) is 72.8 Å². The molecule has 0 aliphatic carbocycles. The molecule has 3 N–H and O–H groups in total. The molecule has 6 heteroatoms. The van der Waals surface area contributed by atoms with Gasteiger partial charge in [-0.1, -0.05) is 48.5 Å². The van der Waals surface area contributed by atoms with E-state index in [1.165, 1.54) is 10.8 Å². The molecular weight excluding hydrogens is 416 g/mol. The van der Waals surface area contributed by atoms with E-state index in [4.69, 9.17) is 9.84 Å². The van der Waals surface area contributed by atoms with Crippen molar-refractivity contribution < 1.29 is 20.1 Å². The molecule has 0 amide bonds. The fraction of sp³-hybridized carbons (Fsp3) is 0.333. The molecule has 0 fully saturated rings. The zero-order chi connectivity index (χ0) is 23.0. The standard InChI is InChI=1S/C27H32N2O4/c30-15-5-14-28(18-21-10-12-23(13-11-21)33-17-16-31)19-22(32)20-29-26-8-3-1-6-24(26)25-7-2-4-9-27(25)29/h1-4,6-13,22,30-32H,5,14-20H2/t22-/m1/s1. The second-order valence-electron chi connectivity index (χ2n) is 8.33. The Labute approximate surface area is 194 Å². The summed E-state index contributed by atoms with van der Waals surface area (Å²) in [5.41, 5.74) is 3.35. The minimum absolute atomic E-state index is 0.0133. The van der Waals surface area contributed by atoms with Gasteiger partial charge in [-0.05, 0) is 36.2 Å². The van der Waals surface area contributed by atoms with Crippen LogP contribution in [-0.2, 0) is 13.1 Å².